The largest absolute Gasteiger partial charge is 0.456 e. The van der Waals surface area contributed by atoms with Crippen LogP contribution in [0.4, 0.5) is 68.2 Å². The van der Waals surface area contributed by atoms with Crippen molar-refractivity contribution in [3.63, 3.8) is 0 Å². The zero-order valence-corrected chi connectivity index (χ0v) is 68.1. The molecule has 6 nitrogen and oxygen atoms in total. The highest BCUT2D eigenvalue weighted by atomic mass is 16.3. The molecule has 582 valence electrons. The van der Waals surface area contributed by atoms with E-state index in [0.717, 1.165) is 146 Å². The predicted molar refractivity (Wildman–Crippen MR) is 517 cm³/mol. The zero-order chi connectivity index (χ0) is 81.9. The lowest BCUT2D eigenvalue weighted by molar-refractivity contribution is 0.660. The highest BCUT2D eigenvalue weighted by Crippen LogP contribution is 2.51. The third-order valence-corrected chi connectivity index (χ3v) is 24.8. The molecule has 0 unspecified atom stereocenters. The van der Waals surface area contributed by atoms with Crippen LogP contribution in [0.2, 0.25) is 0 Å². The van der Waals surface area contributed by atoms with Gasteiger partial charge in [0.15, 0.2) is 0 Å². The standard InChI is InChI=1S/C117H83N5O/c1-117(2)111-32-18-15-29-105(111)106-74-71-102(77-112(106)117)122-113-33-19-16-30-107(113)108-75-72-103(78-114(108)122)120(93-27-13-6-14-28-93)101-69-67-100(68-70-101)118(92-25-11-5-12-26-92)94-57-47-88(48-58-94)84-39-35-82(36-40-84)83-37-41-85(42-38-83)89-49-59-96(60-50-89)119(95-55-43-86(44-56-95)80-21-7-3-8-22-80)97-61-51-90(52-62-97)91-53-65-99(66-54-91)121(98-63-45-87(46-64-98)81-23-9-4-10-24-81)104-73-76-110-109-31-17-20-34-115(109)123-116(110)79-104/h3-79H,1-2H3. The van der Waals surface area contributed by atoms with Crippen molar-refractivity contribution in [2.24, 2.45) is 0 Å². The minimum Gasteiger partial charge on any atom is -0.456 e. The second-order valence-electron chi connectivity index (χ2n) is 32.4. The first kappa shape index (κ1) is 73.4. The summed E-state index contributed by atoms with van der Waals surface area (Å²) in [5, 5.41) is 4.66. The van der Waals surface area contributed by atoms with Crippen molar-refractivity contribution in [3.05, 3.63) is 478 Å². The maximum atomic E-state index is 6.45. The maximum Gasteiger partial charge on any atom is 0.137 e. The zero-order valence-electron chi connectivity index (χ0n) is 68.1. The Bertz CT molecular complexity index is 7420. The molecule has 0 spiro atoms. The van der Waals surface area contributed by atoms with E-state index in [0.29, 0.717) is 0 Å². The molecule has 6 heteroatoms. The van der Waals surface area contributed by atoms with Crippen LogP contribution in [0.25, 0.3) is 127 Å². The molecule has 19 aromatic carbocycles. The monoisotopic (exact) mass is 1570 g/mol. The van der Waals surface area contributed by atoms with Crippen LogP contribution in [0, 0.1) is 0 Å². The van der Waals surface area contributed by atoms with Crippen LogP contribution in [-0.4, -0.2) is 4.57 Å². The van der Waals surface area contributed by atoms with Crippen molar-refractivity contribution < 1.29 is 4.42 Å². The molecule has 0 saturated heterocycles. The van der Waals surface area contributed by atoms with Gasteiger partial charge < -0.3 is 28.6 Å². The van der Waals surface area contributed by atoms with Gasteiger partial charge in [0.25, 0.3) is 0 Å². The van der Waals surface area contributed by atoms with Crippen molar-refractivity contribution in [1.82, 2.24) is 4.57 Å². The summed E-state index contributed by atoms with van der Waals surface area (Å²) in [5.74, 6) is 0. The van der Waals surface area contributed by atoms with E-state index in [1.165, 1.54) is 60.8 Å². The highest BCUT2D eigenvalue weighted by molar-refractivity contribution is 6.11. The first-order chi connectivity index (χ1) is 60.7. The van der Waals surface area contributed by atoms with E-state index < -0.39 is 0 Å². The molecule has 0 aliphatic heterocycles. The van der Waals surface area contributed by atoms with E-state index in [2.05, 4.69) is 493 Å². The van der Waals surface area contributed by atoms with Crippen LogP contribution in [-0.2, 0) is 5.41 Å². The molecule has 0 atom stereocenters. The Balaban J connectivity index is 0.508. The predicted octanol–water partition coefficient (Wildman–Crippen LogP) is 32.9. The van der Waals surface area contributed by atoms with Gasteiger partial charge in [0.05, 0.1) is 11.0 Å². The van der Waals surface area contributed by atoms with Crippen LogP contribution in [0.3, 0.4) is 0 Å². The van der Waals surface area contributed by atoms with Gasteiger partial charge in [-0.05, 0) is 259 Å². The van der Waals surface area contributed by atoms with Crippen molar-refractivity contribution in [3.8, 4) is 83.6 Å². The summed E-state index contributed by atoms with van der Waals surface area (Å²) in [7, 11) is 0. The lowest BCUT2D eigenvalue weighted by atomic mass is 9.82. The summed E-state index contributed by atoms with van der Waals surface area (Å²) in [5.41, 5.74) is 37.1. The van der Waals surface area contributed by atoms with E-state index in [1.54, 1.807) is 0 Å². The van der Waals surface area contributed by atoms with E-state index in [1.807, 2.05) is 12.1 Å². The number of hydrogen-bond donors (Lipinski definition) is 0. The normalized spacial score (nSPS) is 12.0. The van der Waals surface area contributed by atoms with Gasteiger partial charge >= 0.3 is 0 Å². The molecular formula is C117H83N5O. The molecule has 123 heavy (non-hydrogen) atoms. The van der Waals surface area contributed by atoms with E-state index >= 15 is 0 Å². The number of aromatic nitrogens is 1. The number of fused-ring (bicyclic) bond motifs is 9. The van der Waals surface area contributed by atoms with Gasteiger partial charge in [-0.3, -0.25) is 0 Å². The molecule has 1 aliphatic carbocycles. The Morgan fingerprint density at radius 3 is 0.886 bits per heavy atom. The van der Waals surface area contributed by atoms with Gasteiger partial charge in [0, 0.05) is 107 Å². The van der Waals surface area contributed by atoms with E-state index in [9.17, 15) is 0 Å². The van der Waals surface area contributed by atoms with Crippen molar-refractivity contribution in [2.45, 2.75) is 19.3 Å². The maximum absolute atomic E-state index is 6.45. The number of furan rings is 1. The Morgan fingerprint density at radius 2 is 0.463 bits per heavy atom. The van der Waals surface area contributed by atoms with Crippen molar-refractivity contribution in [1.29, 1.82) is 0 Å². The molecular weight excluding hydrogens is 1490 g/mol. The van der Waals surface area contributed by atoms with Gasteiger partial charge in [0.2, 0.25) is 0 Å². The van der Waals surface area contributed by atoms with Gasteiger partial charge in [-0.2, -0.15) is 0 Å². The molecule has 22 rings (SSSR count). The molecule has 0 N–H and O–H groups in total. The average Bonchev–Trinajstić information content (AvgIpc) is 1.56. The molecule has 21 aromatic rings. The lowest BCUT2D eigenvalue weighted by Crippen LogP contribution is -2.15. The van der Waals surface area contributed by atoms with Gasteiger partial charge in [-0.15, -0.1) is 0 Å². The number of hydrogen-bond acceptors (Lipinski definition) is 5. The van der Waals surface area contributed by atoms with Gasteiger partial charge in [-0.25, -0.2) is 0 Å². The minimum absolute atomic E-state index is 0.127. The fourth-order valence-electron chi connectivity index (χ4n) is 18.5. The van der Waals surface area contributed by atoms with E-state index in [-0.39, 0.29) is 5.41 Å². The summed E-state index contributed by atoms with van der Waals surface area (Å²) < 4.78 is 8.92. The first-order valence-corrected chi connectivity index (χ1v) is 42.2. The fraction of sp³-hybridized carbons (Fsp3) is 0.0256. The summed E-state index contributed by atoms with van der Waals surface area (Å²) in [6.07, 6.45) is 0. The summed E-state index contributed by atoms with van der Waals surface area (Å²) in [4.78, 5) is 9.39. The number of para-hydroxylation sites is 4. The third-order valence-electron chi connectivity index (χ3n) is 24.8. The van der Waals surface area contributed by atoms with Crippen molar-refractivity contribution in [2.75, 3.05) is 19.6 Å². The summed E-state index contributed by atoms with van der Waals surface area (Å²) in [6, 6.07) is 170. The minimum atomic E-state index is -0.127. The number of benzene rings is 19. The molecule has 0 fully saturated rings. The lowest BCUT2D eigenvalue weighted by Gasteiger charge is -2.28. The quantitative estimate of drug-likeness (QED) is 0.0805. The molecule has 2 heterocycles. The number of rotatable bonds is 19. The average molecular weight is 1570 g/mol. The van der Waals surface area contributed by atoms with Gasteiger partial charge in [-0.1, -0.05) is 305 Å². The summed E-state index contributed by atoms with van der Waals surface area (Å²) in [6.45, 7) is 4.72. The van der Waals surface area contributed by atoms with Crippen LogP contribution < -0.4 is 19.6 Å². The Kier molecular flexibility index (Phi) is 18.5. The van der Waals surface area contributed by atoms with Crippen LogP contribution in [0.15, 0.2) is 472 Å². The molecule has 0 saturated carbocycles. The highest BCUT2D eigenvalue weighted by Gasteiger charge is 2.36. The van der Waals surface area contributed by atoms with Crippen LogP contribution >= 0.6 is 0 Å². The molecule has 0 radical (unpaired) electrons. The second kappa shape index (κ2) is 31.0. The van der Waals surface area contributed by atoms with Crippen LogP contribution in [0.1, 0.15) is 25.0 Å². The number of anilines is 12. The summed E-state index contributed by atoms with van der Waals surface area (Å²) >= 11 is 0. The van der Waals surface area contributed by atoms with Crippen LogP contribution in [0.5, 0.6) is 0 Å². The SMILES string of the molecule is CC1(C)c2ccccc2-c2ccc(-n3c4ccccc4c4ccc(N(c5ccccc5)c5ccc(N(c6ccccc6)c6ccc(-c7ccc(-c8ccc(-c9ccc(N(c%10ccc(-c%11ccccc%11)cc%10)c%10ccc(-c%11ccc(N(c%12ccc(-c%13ccccc%13)cc%12)c%12ccc%13c(c%12)oc%12ccccc%12%13)cc%11)cc%10)cc9)cc8)cc7)cc6)cc5)cc43)cc21. The third kappa shape index (κ3) is 13.6. The fourth-order valence-corrected chi connectivity index (χ4v) is 18.5. The first-order valence-electron chi connectivity index (χ1n) is 42.2. The molecule has 0 amide bonds. The Hall–Kier alpha value is -16.0. The van der Waals surface area contributed by atoms with Crippen molar-refractivity contribution >= 4 is 112 Å². The topological polar surface area (TPSA) is 31.0 Å². The molecule has 2 aromatic heterocycles. The second-order valence-corrected chi connectivity index (χ2v) is 32.4. The number of nitrogens with zero attached hydrogens (tertiary/aromatic N) is 5. The van der Waals surface area contributed by atoms with Gasteiger partial charge in [0.1, 0.15) is 11.2 Å². The Labute approximate surface area is 716 Å². The molecule has 0 bridgehead atoms. The van der Waals surface area contributed by atoms with E-state index in [4.69, 9.17) is 4.42 Å². The smallest absolute Gasteiger partial charge is 0.137 e. The molecule has 1 aliphatic rings. The Morgan fingerprint density at radius 1 is 0.187 bits per heavy atom.